The first kappa shape index (κ1) is 13.4. The molecule has 0 aliphatic heterocycles. The summed E-state index contributed by atoms with van der Waals surface area (Å²) >= 11 is 0. The maximum atomic E-state index is 10.2. The normalized spacial score (nSPS) is 13.0. The van der Waals surface area contributed by atoms with Gasteiger partial charge < -0.3 is 4.74 Å². The van der Waals surface area contributed by atoms with E-state index in [0.717, 1.165) is 18.6 Å². The molecule has 81 valence electrons. The number of rotatable bonds is 7. The molecule has 0 aromatic heterocycles. The van der Waals surface area contributed by atoms with Crippen molar-refractivity contribution in [1.29, 1.82) is 0 Å². The molecule has 0 saturated carbocycles. The SMILES string of the molecule is CCCCCOC(C)(C)C(C)=C[C]=O. The van der Waals surface area contributed by atoms with Crippen LogP contribution in [0.2, 0.25) is 0 Å². The fourth-order valence-corrected chi connectivity index (χ4v) is 1.06. The molecule has 2 nitrogen and oxygen atoms in total. The van der Waals surface area contributed by atoms with Crippen LogP contribution in [-0.2, 0) is 9.53 Å². The van der Waals surface area contributed by atoms with E-state index in [9.17, 15) is 4.79 Å². The summed E-state index contributed by atoms with van der Waals surface area (Å²) in [6.07, 6.45) is 6.70. The Bertz CT molecular complexity index is 192. The molecule has 0 amide bonds. The van der Waals surface area contributed by atoms with Crippen molar-refractivity contribution in [3.05, 3.63) is 11.6 Å². The van der Waals surface area contributed by atoms with Crippen molar-refractivity contribution in [2.24, 2.45) is 0 Å². The van der Waals surface area contributed by atoms with Gasteiger partial charge in [-0.3, -0.25) is 4.79 Å². The van der Waals surface area contributed by atoms with Crippen LogP contribution in [-0.4, -0.2) is 18.5 Å². The van der Waals surface area contributed by atoms with Crippen LogP contribution in [0.15, 0.2) is 11.6 Å². The summed E-state index contributed by atoms with van der Waals surface area (Å²) in [5, 5.41) is 0. The molecule has 0 aliphatic rings. The second-order valence-electron chi connectivity index (χ2n) is 4.01. The minimum Gasteiger partial charge on any atom is -0.371 e. The predicted octanol–water partition coefficient (Wildman–Crippen LogP) is 3.03. The summed E-state index contributed by atoms with van der Waals surface area (Å²) in [6.45, 7) is 8.76. The maximum Gasteiger partial charge on any atom is 0.225 e. The first-order chi connectivity index (χ1) is 6.54. The summed E-state index contributed by atoms with van der Waals surface area (Å²) < 4.78 is 5.70. The van der Waals surface area contributed by atoms with Gasteiger partial charge in [0.25, 0.3) is 0 Å². The van der Waals surface area contributed by atoms with Crippen molar-refractivity contribution in [1.82, 2.24) is 0 Å². The molecule has 0 aromatic rings. The van der Waals surface area contributed by atoms with E-state index in [1.807, 2.05) is 20.8 Å². The number of carbonyl (C=O) groups excluding carboxylic acids is 1. The highest BCUT2D eigenvalue weighted by Gasteiger charge is 2.19. The van der Waals surface area contributed by atoms with Gasteiger partial charge in [-0.05, 0) is 38.8 Å². The number of ether oxygens (including phenoxy) is 1. The van der Waals surface area contributed by atoms with Crippen LogP contribution in [0, 0.1) is 0 Å². The number of allylic oxidation sites excluding steroid dienone is 1. The maximum absolute atomic E-state index is 10.2. The first-order valence-corrected chi connectivity index (χ1v) is 5.23. The Balaban J connectivity index is 3.94. The van der Waals surface area contributed by atoms with Crippen LogP contribution in [0.25, 0.3) is 0 Å². The molecule has 0 saturated heterocycles. The van der Waals surface area contributed by atoms with E-state index in [4.69, 9.17) is 4.74 Å². The van der Waals surface area contributed by atoms with Gasteiger partial charge in [0.1, 0.15) is 0 Å². The van der Waals surface area contributed by atoms with E-state index < -0.39 is 0 Å². The first-order valence-electron chi connectivity index (χ1n) is 5.23. The zero-order valence-corrected chi connectivity index (χ0v) is 9.72. The van der Waals surface area contributed by atoms with E-state index in [2.05, 4.69) is 6.92 Å². The lowest BCUT2D eigenvalue weighted by Gasteiger charge is -2.26. The molecule has 2 heteroatoms. The zero-order valence-electron chi connectivity index (χ0n) is 9.72. The molecule has 0 aliphatic carbocycles. The van der Waals surface area contributed by atoms with E-state index in [-0.39, 0.29) is 5.60 Å². The quantitative estimate of drug-likeness (QED) is 0.463. The average molecular weight is 197 g/mol. The fraction of sp³-hybridized carbons (Fsp3) is 0.750. The third-order valence-corrected chi connectivity index (χ3v) is 2.44. The molecule has 0 heterocycles. The Morgan fingerprint density at radius 3 is 2.57 bits per heavy atom. The minimum atomic E-state index is -0.342. The van der Waals surface area contributed by atoms with Crippen molar-refractivity contribution in [3.8, 4) is 0 Å². The van der Waals surface area contributed by atoms with Crippen LogP contribution in [0.4, 0.5) is 0 Å². The van der Waals surface area contributed by atoms with Crippen LogP contribution in [0.5, 0.6) is 0 Å². The molecular weight excluding hydrogens is 176 g/mol. The summed E-state index contributed by atoms with van der Waals surface area (Å²) in [6, 6.07) is 0. The lowest BCUT2D eigenvalue weighted by atomic mass is 9.99. The Hall–Kier alpha value is -0.630. The van der Waals surface area contributed by atoms with E-state index in [1.54, 1.807) is 6.29 Å². The topological polar surface area (TPSA) is 26.3 Å². The number of hydrogen-bond donors (Lipinski definition) is 0. The molecule has 0 spiro atoms. The minimum absolute atomic E-state index is 0.342. The molecule has 0 aromatic carbocycles. The summed E-state index contributed by atoms with van der Waals surface area (Å²) in [4.78, 5) is 10.2. The summed E-state index contributed by atoms with van der Waals surface area (Å²) in [5.74, 6) is 0. The monoisotopic (exact) mass is 197 g/mol. The van der Waals surface area contributed by atoms with Gasteiger partial charge in [-0.25, -0.2) is 0 Å². The van der Waals surface area contributed by atoms with Crippen molar-refractivity contribution in [2.75, 3.05) is 6.61 Å². The van der Waals surface area contributed by atoms with Gasteiger partial charge in [0.05, 0.1) is 5.60 Å². The van der Waals surface area contributed by atoms with Crippen molar-refractivity contribution in [2.45, 2.75) is 52.6 Å². The Morgan fingerprint density at radius 1 is 1.43 bits per heavy atom. The largest absolute Gasteiger partial charge is 0.371 e. The second kappa shape index (κ2) is 6.77. The van der Waals surface area contributed by atoms with Gasteiger partial charge in [-0.2, -0.15) is 0 Å². The van der Waals surface area contributed by atoms with Gasteiger partial charge in [0.2, 0.25) is 6.29 Å². The highest BCUT2D eigenvalue weighted by molar-refractivity contribution is 5.67. The third-order valence-electron chi connectivity index (χ3n) is 2.44. The van der Waals surface area contributed by atoms with Gasteiger partial charge >= 0.3 is 0 Å². The van der Waals surface area contributed by atoms with Crippen LogP contribution in [0.3, 0.4) is 0 Å². The van der Waals surface area contributed by atoms with Crippen LogP contribution < -0.4 is 0 Å². The summed E-state index contributed by atoms with van der Waals surface area (Å²) in [5.41, 5.74) is 0.578. The van der Waals surface area contributed by atoms with Crippen molar-refractivity contribution < 1.29 is 9.53 Å². The Morgan fingerprint density at radius 2 is 2.07 bits per heavy atom. The van der Waals surface area contributed by atoms with Crippen molar-refractivity contribution in [3.63, 3.8) is 0 Å². The Kier molecular flexibility index (Phi) is 6.46. The molecule has 1 radical (unpaired) electrons. The molecule has 0 unspecified atom stereocenters. The zero-order chi connectivity index (χ0) is 11.0. The van der Waals surface area contributed by atoms with Crippen LogP contribution in [0.1, 0.15) is 47.0 Å². The molecule has 0 bridgehead atoms. The van der Waals surface area contributed by atoms with Gasteiger partial charge in [-0.1, -0.05) is 19.8 Å². The van der Waals surface area contributed by atoms with E-state index in [1.165, 1.54) is 18.9 Å². The molecule has 14 heavy (non-hydrogen) atoms. The smallest absolute Gasteiger partial charge is 0.225 e. The van der Waals surface area contributed by atoms with Gasteiger partial charge in [0, 0.05) is 6.61 Å². The number of hydrogen-bond acceptors (Lipinski definition) is 2. The van der Waals surface area contributed by atoms with E-state index in [0.29, 0.717) is 0 Å². The highest BCUT2D eigenvalue weighted by atomic mass is 16.5. The molecule has 0 atom stereocenters. The standard InChI is InChI=1S/C12H21O2/c1-5-6-7-10-14-12(3,4)11(2)8-9-13/h8H,5-7,10H2,1-4H3. The summed E-state index contributed by atoms with van der Waals surface area (Å²) in [7, 11) is 0. The van der Waals surface area contributed by atoms with Crippen LogP contribution >= 0.6 is 0 Å². The van der Waals surface area contributed by atoms with E-state index >= 15 is 0 Å². The molecule has 0 rings (SSSR count). The molecular formula is C12H21O2. The lowest BCUT2D eigenvalue weighted by Crippen LogP contribution is -2.26. The Labute approximate surface area is 87.3 Å². The second-order valence-corrected chi connectivity index (χ2v) is 4.01. The lowest BCUT2D eigenvalue weighted by molar-refractivity contribution is 0.00887. The highest BCUT2D eigenvalue weighted by Crippen LogP contribution is 2.20. The number of unbranched alkanes of at least 4 members (excludes halogenated alkanes) is 2. The molecule has 0 fully saturated rings. The third kappa shape index (κ3) is 5.18. The predicted molar refractivity (Wildman–Crippen MR) is 59.0 cm³/mol. The van der Waals surface area contributed by atoms with Gasteiger partial charge in [-0.15, -0.1) is 0 Å². The average Bonchev–Trinajstić information content (AvgIpc) is 2.13. The van der Waals surface area contributed by atoms with Crippen molar-refractivity contribution >= 4 is 6.29 Å². The molecule has 0 N–H and O–H groups in total. The van der Waals surface area contributed by atoms with Gasteiger partial charge in [0.15, 0.2) is 0 Å². The fourth-order valence-electron chi connectivity index (χ4n) is 1.06.